The van der Waals surface area contributed by atoms with Crippen molar-refractivity contribution in [3.63, 3.8) is 0 Å². The monoisotopic (exact) mass is 457 g/mol. The number of ether oxygens (including phenoxy) is 2. The quantitative estimate of drug-likeness (QED) is 0.570. The minimum Gasteiger partial charge on any atom is -0.454 e. The van der Waals surface area contributed by atoms with Gasteiger partial charge in [0.25, 0.3) is 5.91 Å². The average Bonchev–Trinajstić information content (AvgIpc) is 3.38. The lowest BCUT2D eigenvalue weighted by atomic mass is 9.78. The Balaban J connectivity index is 1.46. The largest absolute Gasteiger partial charge is 0.498 e. The summed E-state index contributed by atoms with van der Waals surface area (Å²) in [6, 6.07) is 11.3. The van der Waals surface area contributed by atoms with Crippen molar-refractivity contribution < 1.29 is 23.6 Å². The molecule has 0 spiro atoms. The number of benzene rings is 2. The number of carbonyl (C=O) groups is 1. The fourth-order valence-corrected chi connectivity index (χ4v) is 5.02. The minimum atomic E-state index is -0.595. The van der Waals surface area contributed by atoms with Gasteiger partial charge in [-0.3, -0.25) is 4.79 Å². The number of carbonyl (C=O) groups excluding carboxylic acids is 1. The predicted octanol–water partition coefficient (Wildman–Crippen LogP) is 4.83. The molecule has 1 fully saturated rings. The number of hydrogen-bond donors (Lipinski definition) is 1. The molecular formula is C22H21BClNO5S. The van der Waals surface area contributed by atoms with E-state index in [1.165, 1.54) is 11.3 Å². The first kappa shape index (κ1) is 20.6. The Kier molecular flexibility index (Phi) is 4.75. The second kappa shape index (κ2) is 7.13. The molecule has 3 aromatic rings. The van der Waals surface area contributed by atoms with E-state index < -0.39 is 18.3 Å². The number of thiophene rings is 1. The van der Waals surface area contributed by atoms with Crippen molar-refractivity contribution in [3.05, 3.63) is 46.3 Å². The van der Waals surface area contributed by atoms with Crippen LogP contribution in [0.3, 0.4) is 0 Å². The van der Waals surface area contributed by atoms with Crippen LogP contribution in [0.5, 0.6) is 11.5 Å². The van der Waals surface area contributed by atoms with Gasteiger partial charge in [-0.05, 0) is 39.8 Å². The van der Waals surface area contributed by atoms with Crippen LogP contribution in [0, 0.1) is 0 Å². The van der Waals surface area contributed by atoms with Gasteiger partial charge in [0.15, 0.2) is 11.5 Å². The average molecular weight is 458 g/mol. The van der Waals surface area contributed by atoms with Crippen molar-refractivity contribution in [2.24, 2.45) is 0 Å². The van der Waals surface area contributed by atoms with Crippen LogP contribution in [0.25, 0.3) is 10.1 Å². The summed E-state index contributed by atoms with van der Waals surface area (Å²) in [6.07, 6.45) is 0. The highest BCUT2D eigenvalue weighted by molar-refractivity contribution is 7.21. The van der Waals surface area contributed by atoms with Crippen molar-refractivity contribution in [1.29, 1.82) is 0 Å². The summed E-state index contributed by atoms with van der Waals surface area (Å²) < 4.78 is 24.7. The zero-order chi connectivity index (χ0) is 22.0. The molecule has 1 aromatic heterocycles. The van der Waals surface area contributed by atoms with Crippen LogP contribution in [-0.4, -0.2) is 31.0 Å². The van der Waals surface area contributed by atoms with Gasteiger partial charge in [-0.1, -0.05) is 35.9 Å². The van der Waals surface area contributed by atoms with E-state index in [0.717, 1.165) is 15.5 Å². The third-order valence-electron chi connectivity index (χ3n) is 6.05. The van der Waals surface area contributed by atoms with E-state index in [1.807, 2.05) is 58.0 Å². The fraction of sp³-hybridized carbons (Fsp3) is 0.318. The third kappa shape index (κ3) is 3.29. The van der Waals surface area contributed by atoms with Crippen molar-refractivity contribution in [1.82, 2.24) is 0 Å². The van der Waals surface area contributed by atoms with Crippen LogP contribution in [0.1, 0.15) is 37.4 Å². The number of hydrogen-bond acceptors (Lipinski definition) is 6. The van der Waals surface area contributed by atoms with Gasteiger partial charge in [0.1, 0.15) is 4.88 Å². The predicted molar refractivity (Wildman–Crippen MR) is 123 cm³/mol. The second-order valence-electron chi connectivity index (χ2n) is 8.55. The lowest BCUT2D eigenvalue weighted by Crippen LogP contribution is -2.41. The first-order valence-corrected chi connectivity index (χ1v) is 11.1. The summed E-state index contributed by atoms with van der Waals surface area (Å²) in [4.78, 5) is 13.4. The van der Waals surface area contributed by atoms with E-state index in [9.17, 15) is 4.79 Å². The fourth-order valence-electron chi connectivity index (χ4n) is 3.61. The van der Waals surface area contributed by atoms with E-state index in [0.29, 0.717) is 27.1 Å². The molecule has 6 nitrogen and oxygen atoms in total. The molecule has 2 aromatic carbocycles. The van der Waals surface area contributed by atoms with Crippen LogP contribution in [0.15, 0.2) is 36.4 Å². The number of anilines is 1. The molecule has 0 atom stereocenters. The Bertz CT molecular complexity index is 1190. The smallest absolute Gasteiger partial charge is 0.454 e. The molecule has 0 saturated carbocycles. The SMILES string of the molecule is CC1(C)OB(c2ccc(NC(=O)c3sc4ccccc4c3Cl)c3c2OCO3)OC1(C)C. The number of nitrogens with one attached hydrogen (secondary N) is 1. The minimum absolute atomic E-state index is 0.0539. The lowest BCUT2D eigenvalue weighted by Gasteiger charge is -2.32. The number of amides is 1. The molecule has 1 saturated heterocycles. The van der Waals surface area contributed by atoms with E-state index in [1.54, 1.807) is 6.07 Å². The number of halogens is 1. The zero-order valence-corrected chi connectivity index (χ0v) is 19.1. The van der Waals surface area contributed by atoms with Gasteiger partial charge in [0.05, 0.1) is 21.9 Å². The Morgan fingerprint density at radius 2 is 1.71 bits per heavy atom. The van der Waals surface area contributed by atoms with Crippen LogP contribution >= 0.6 is 22.9 Å². The maximum Gasteiger partial charge on any atom is 0.498 e. The van der Waals surface area contributed by atoms with Gasteiger partial charge in [-0.25, -0.2) is 0 Å². The summed E-state index contributed by atoms with van der Waals surface area (Å²) >= 11 is 7.81. The van der Waals surface area contributed by atoms with Gasteiger partial charge in [-0.2, -0.15) is 0 Å². The van der Waals surface area contributed by atoms with Crippen molar-refractivity contribution in [2.45, 2.75) is 38.9 Å². The standard InChI is InChI=1S/C22H21BClNO5S/c1-21(2)22(3,4)30-23(29-21)13-9-10-14(18-17(13)27-11-28-18)25-20(26)19-16(24)12-7-5-6-8-15(12)31-19/h5-10H,11H2,1-4H3,(H,25,26). The molecule has 0 bridgehead atoms. The molecule has 9 heteroatoms. The van der Waals surface area contributed by atoms with Gasteiger partial charge < -0.3 is 24.1 Å². The molecule has 1 N–H and O–H groups in total. The summed E-state index contributed by atoms with van der Waals surface area (Å²) in [6.45, 7) is 8.03. The van der Waals surface area contributed by atoms with Crippen LogP contribution in [0.2, 0.25) is 5.02 Å². The van der Waals surface area contributed by atoms with E-state index >= 15 is 0 Å². The third-order valence-corrected chi connectivity index (χ3v) is 7.72. The van der Waals surface area contributed by atoms with E-state index in [-0.39, 0.29) is 12.7 Å². The van der Waals surface area contributed by atoms with Crippen molar-refractivity contribution in [3.8, 4) is 11.5 Å². The van der Waals surface area contributed by atoms with Crippen LogP contribution < -0.4 is 20.3 Å². The molecule has 3 heterocycles. The Morgan fingerprint density at radius 1 is 1.03 bits per heavy atom. The summed E-state index contributed by atoms with van der Waals surface area (Å²) in [7, 11) is -0.595. The van der Waals surface area contributed by atoms with Crippen LogP contribution in [-0.2, 0) is 9.31 Å². The highest BCUT2D eigenvalue weighted by Crippen LogP contribution is 2.43. The Labute approximate surface area is 189 Å². The van der Waals surface area contributed by atoms with Gasteiger partial charge in [0.2, 0.25) is 6.79 Å². The second-order valence-corrected chi connectivity index (χ2v) is 9.98. The molecular weight excluding hydrogens is 437 g/mol. The number of fused-ring (bicyclic) bond motifs is 2. The Hall–Kier alpha value is -2.26. The molecule has 0 aliphatic carbocycles. The highest BCUT2D eigenvalue weighted by Gasteiger charge is 2.53. The molecule has 2 aliphatic heterocycles. The summed E-state index contributed by atoms with van der Waals surface area (Å²) in [5, 5.41) is 4.22. The van der Waals surface area contributed by atoms with E-state index in [4.69, 9.17) is 30.4 Å². The van der Waals surface area contributed by atoms with Gasteiger partial charge in [-0.15, -0.1) is 11.3 Å². The van der Waals surface area contributed by atoms with Gasteiger partial charge >= 0.3 is 7.12 Å². The molecule has 0 radical (unpaired) electrons. The topological polar surface area (TPSA) is 66.0 Å². The van der Waals surface area contributed by atoms with Crippen molar-refractivity contribution >= 4 is 57.2 Å². The first-order valence-electron chi connectivity index (χ1n) is 9.94. The normalized spacial score (nSPS) is 18.5. The summed E-state index contributed by atoms with van der Waals surface area (Å²) in [5.74, 6) is 0.670. The molecule has 1 amide bonds. The maximum absolute atomic E-state index is 13.0. The maximum atomic E-state index is 13.0. The zero-order valence-electron chi connectivity index (χ0n) is 17.6. The van der Waals surface area contributed by atoms with Gasteiger partial charge in [0, 0.05) is 15.5 Å². The van der Waals surface area contributed by atoms with Crippen molar-refractivity contribution in [2.75, 3.05) is 12.1 Å². The molecule has 2 aliphatic rings. The van der Waals surface area contributed by atoms with Crippen LogP contribution in [0.4, 0.5) is 5.69 Å². The Morgan fingerprint density at radius 3 is 2.42 bits per heavy atom. The molecule has 0 unspecified atom stereocenters. The molecule has 31 heavy (non-hydrogen) atoms. The van der Waals surface area contributed by atoms with E-state index in [2.05, 4.69) is 5.32 Å². The summed E-state index contributed by atoms with van der Waals surface area (Å²) in [5.41, 5.74) is 0.277. The molecule has 160 valence electrons. The molecule has 5 rings (SSSR count). The first-order chi connectivity index (χ1) is 14.7. The lowest BCUT2D eigenvalue weighted by molar-refractivity contribution is 0.00578. The highest BCUT2D eigenvalue weighted by atomic mass is 35.5. The number of rotatable bonds is 3.